The smallest absolute Gasteiger partial charge is 0.301 e. The maximum Gasteiger partial charge on any atom is 0.301 e. The Labute approximate surface area is 352 Å². The lowest BCUT2D eigenvalue weighted by Gasteiger charge is -2.18. The first kappa shape index (κ1) is 42.8. The fraction of sp³-hybridized carbons (Fsp3) is 0.150. The molecule has 0 atom stereocenters. The molecular formula is C40H33Cl5N6O6. The second kappa shape index (κ2) is 18.3. The summed E-state index contributed by atoms with van der Waals surface area (Å²) in [6.45, 7) is 6.90. The number of anilines is 2. The summed E-state index contributed by atoms with van der Waals surface area (Å²) >= 11 is 30.0. The van der Waals surface area contributed by atoms with Gasteiger partial charge in [0.15, 0.2) is 29.8 Å². The van der Waals surface area contributed by atoms with Gasteiger partial charge in [-0.3, -0.25) is 14.4 Å². The average Bonchev–Trinajstić information content (AvgIpc) is 3.47. The Balaban J connectivity index is 0.000000218. The number of hydrogen-bond acceptors (Lipinski definition) is 10. The van der Waals surface area contributed by atoms with Crippen molar-refractivity contribution in [2.45, 2.75) is 27.7 Å². The molecule has 6 rings (SSSR count). The topological polar surface area (TPSA) is 165 Å². The predicted octanol–water partition coefficient (Wildman–Crippen LogP) is 9.86. The minimum atomic E-state index is -0.706. The van der Waals surface area contributed by atoms with Crippen LogP contribution in [0.15, 0.2) is 122 Å². The van der Waals surface area contributed by atoms with Gasteiger partial charge in [-0.1, -0.05) is 115 Å². The van der Waals surface area contributed by atoms with E-state index in [1.54, 1.807) is 70.2 Å². The molecule has 4 N–H and O–H groups in total. The maximum absolute atomic E-state index is 13.0. The number of hydrazone groups is 1. The number of para-hydroxylation sites is 2. The van der Waals surface area contributed by atoms with Crippen LogP contribution in [0, 0.1) is 5.41 Å². The van der Waals surface area contributed by atoms with Crippen LogP contribution in [0.25, 0.3) is 0 Å². The van der Waals surface area contributed by atoms with Gasteiger partial charge < -0.3 is 25.6 Å². The molecule has 1 aliphatic carbocycles. The number of ketones is 1. The fourth-order valence-electron chi connectivity index (χ4n) is 4.81. The van der Waals surface area contributed by atoms with E-state index in [1.165, 1.54) is 24.3 Å². The Kier molecular flexibility index (Phi) is 13.7. The molecule has 4 aromatic rings. The molecule has 2 aliphatic rings. The van der Waals surface area contributed by atoms with Crippen LogP contribution in [0.1, 0.15) is 27.7 Å². The van der Waals surface area contributed by atoms with E-state index in [0.717, 1.165) is 5.01 Å². The number of carbonyl (C=O) groups is 3. The van der Waals surface area contributed by atoms with Gasteiger partial charge in [0.1, 0.15) is 11.5 Å². The monoisotopic (exact) mass is 868 g/mol. The highest BCUT2D eigenvalue weighted by molar-refractivity contribution is 6.72. The number of Topliss-reactive ketones (excluding diaryl/α,β-unsaturated/α-hetero) is 1. The summed E-state index contributed by atoms with van der Waals surface area (Å²) in [7, 11) is 0. The van der Waals surface area contributed by atoms with Crippen LogP contribution in [0.3, 0.4) is 0 Å². The molecule has 0 spiro atoms. The van der Waals surface area contributed by atoms with Crippen LogP contribution in [0.4, 0.5) is 17.1 Å². The van der Waals surface area contributed by atoms with Crippen molar-refractivity contribution in [3.63, 3.8) is 0 Å². The molecule has 2 amide bonds. The molecule has 4 aromatic carbocycles. The molecule has 0 bridgehead atoms. The molecule has 17 heteroatoms. The van der Waals surface area contributed by atoms with Crippen LogP contribution in [-0.2, 0) is 14.4 Å². The summed E-state index contributed by atoms with van der Waals surface area (Å²) in [4.78, 5) is 46.4. The SMILES string of the molecule is CC(C)(C)C(=O)NC1=NN(c2ccccc2)C(=O)C1=Nc1cc(Cl)c(O)c(Cl)c1.CC1=C(Cl)C(=O)C(=NCOc2ccccc2)C=C1Nc1cc(Cl)c(O)c(Cl)c1. The number of nitrogens with one attached hydrogen (secondary N) is 2. The molecule has 0 radical (unpaired) electrons. The van der Waals surface area contributed by atoms with Gasteiger partial charge in [0.2, 0.25) is 11.7 Å². The number of amidine groups is 1. The van der Waals surface area contributed by atoms with E-state index in [2.05, 4.69) is 25.7 Å². The number of phenols is 2. The Morgan fingerprint density at radius 3 is 1.95 bits per heavy atom. The Morgan fingerprint density at radius 1 is 0.842 bits per heavy atom. The number of aliphatic imine (C=N–C) groups is 2. The number of carbonyl (C=O) groups excluding carboxylic acids is 3. The van der Waals surface area contributed by atoms with Crippen molar-refractivity contribution in [2.24, 2.45) is 20.5 Å². The number of rotatable bonds is 7. The number of aromatic hydroxyl groups is 2. The number of ether oxygens (including phenoxy) is 1. The minimum Gasteiger partial charge on any atom is -0.505 e. The lowest BCUT2D eigenvalue weighted by atomic mass is 9.95. The van der Waals surface area contributed by atoms with E-state index >= 15 is 0 Å². The molecule has 0 aromatic heterocycles. The highest BCUT2D eigenvalue weighted by atomic mass is 35.5. The average molecular weight is 871 g/mol. The van der Waals surface area contributed by atoms with Crippen LogP contribution < -0.4 is 20.4 Å². The molecule has 12 nitrogen and oxygen atoms in total. The molecule has 0 fully saturated rings. The number of hydrogen-bond donors (Lipinski definition) is 4. The molecule has 0 unspecified atom stereocenters. The summed E-state index contributed by atoms with van der Waals surface area (Å²) in [6, 6.07) is 23.6. The van der Waals surface area contributed by atoms with E-state index < -0.39 is 11.3 Å². The summed E-state index contributed by atoms with van der Waals surface area (Å²) in [5.41, 5.74) is 1.75. The second-order valence-corrected chi connectivity index (χ2v) is 15.2. The van der Waals surface area contributed by atoms with Gasteiger partial charge in [-0.2, -0.15) is 5.01 Å². The highest BCUT2D eigenvalue weighted by Crippen LogP contribution is 2.37. The van der Waals surface area contributed by atoms with Crippen LogP contribution in [-0.4, -0.2) is 51.8 Å². The summed E-state index contributed by atoms with van der Waals surface area (Å²) in [6.07, 6.45) is 1.58. The summed E-state index contributed by atoms with van der Waals surface area (Å²) in [5.74, 6) is -1.07. The number of halogens is 5. The van der Waals surface area contributed by atoms with Gasteiger partial charge in [0, 0.05) is 16.8 Å². The van der Waals surface area contributed by atoms with Crippen molar-refractivity contribution in [2.75, 3.05) is 17.1 Å². The zero-order chi connectivity index (χ0) is 41.6. The van der Waals surface area contributed by atoms with Gasteiger partial charge in [0.05, 0.1) is 36.5 Å². The molecular weight excluding hydrogens is 838 g/mol. The van der Waals surface area contributed by atoms with Gasteiger partial charge in [0.25, 0.3) is 0 Å². The van der Waals surface area contributed by atoms with Crippen molar-refractivity contribution >= 4 is 110 Å². The van der Waals surface area contributed by atoms with E-state index in [9.17, 15) is 24.6 Å². The maximum atomic E-state index is 13.0. The normalized spacial score (nSPS) is 15.6. The second-order valence-electron chi connectivity index (χ2n) is 13.2. The number of benzene rings is 4. The Hall–Kier alpha value is -5.37. The first-order chi connectivity index (χ1) is 26.9. The predicted molar refractivity (Wildman–Crippen MR) is 227 cm³/mol. The fourth-order valence-corrected chi connectivity index (χ4v) is 5.97. The van der Waals surface area contributed by atoms with Crippen molar-refractivity contribution in [1.82, 2.24) is 5.32 Å². The summed E-state index contributed by atoms with van der Waals surface area (Å²) < 4.78 is 5.51. The highest BCUT2D eigenvalue weighted by Gasteiger charge is 2.36. The number of nitrogens with zero attached hydrogens (tertiary/aromatic N) is 4. The number of amides is 2. The Morgan fingerprint density at radius 2 is 1.39 bits per heavy atom. The molecule has 0 saturated carbocycles. The standard InChI is InChI=1S/C20H15Cl3N2O3.C20H18Cl2N4O3/c1-11-16(25-12-7-14(21)19(26)15(22)8-12)9-17(20(27)18(11)23)24-10-28-13-5-3-2-4-6-13;1-20(2,3)19(29)24-17-15(23-11-9-13(21)16(27)14(22)10-11)18(28)26(25-17)12-7-5-4-6-8-12/h2-9,25-26H,10H2,1H3;4-10,27H,1-3H3,(H,24,25,29). The molecule has 0 saturated heterocycles. The minimum absolute atomic E-state index is 0.0131. The first-order valence-electron chi connectivity index (χ1n) is 16.8. The third kappa shape index (κ3) is 10.5. The van der Waals surface area contributed by atoms with E-state index in [0.29, 0.717) is 28.4 Å². The van der Waals surface area contributed by atoms with Gasteiger partial charge >= 0.3 is 5.91 Å². The zero-order valence-electron chi connectivity index (χ0n) is 30.6. The third-order valence-electron chi connectivity index (χ3n) is 7.93. The van der Waals surface area contributed by atoms with Crippen molar-refractivity contribution in [3.8, 4) is 17.2 Å². The quantitative estimate of drug-likeness (QED) is 0.106. The molecule has 57 heavy (non-hydrogen) atoms. The number of phenolic OH excluding ortho intramolecular Hbond substituents is 2. The lowest BCUT2D eigenvalue weighted by molar-refractivity contribution is -0.126. The van der Waals surface area contributed by atoms with Crippen molar-refractivity contribution < 1.29 is 29.3 Å². The van der Waals surface area contributed by atoms with Crippen molar-refractivity contribution in [3.05, 3.63) is 127 Å². The molecule has 294 valence electrons. The van der Waals surface area contributed by atoms with E-state index in [-0.39, 0.29) is 78.0 Å². The third-order valence-corrected chi connectivity index (χ3v) is 9.53. The number of allylic oxidation sites excluding steroid dienone is 3. The largest absolute Gasteiger partial charge is 0.505 e. The first-order valence-corrected chi connectivity index (χ1v) is 18.7. The van der Waals surface area contributed by atoms with Crippen LogP contribution in [0.5, 0.6) is 17.2 Å². The van der Waals surface area contributed by atoms with E-state index in [4.69, 9.17) is 62.7 Å². The lowest BCUT2D eigenvalue weighted by Crippen LogP contribution is -2.42. The van der Waals surface area contributed by atoms with Crippen molar-refractivity contribution in [1.29, 1.82) is 0 Å². The van der Waals surface area contributed by atoms with E-state index in [1.807, 2.05) is 24.3 Å². The zero-order valence-corrected chi connectivity index (χ0v) is 34.4. The van der Waals surface area contributed by atoms with Crippen LogP contribution >= 0.6 is 58.0 Å². The molecule has 1 aliphatic heterocycles. The summed E-state index contributed by atoms with van der Waals surface area (Å²) in [5, 5.41) is 30.8. The van der Waals surface area contributed by atoms with Gasteiger partial charge in [-0.25, -0.2) is 9.98 Å². The van der Waals surface area contributed by atoms with Crippen LogP contribution in [0.2, 0.25) is 20.1 Å². The van der Waals surface area contributed by atoms with Gasteiger partial charge in [-0.05, 0) is 67.1 Å². The van der Waals surface area contributed by atoms with Gasteiger partial charge in [-0.15, -0.1) is 5.10 Å². The molecule has 1 heterocycles. The Bertz CT molecular complexity index is 2350.